The molecule has 3 nitrogen and oxygen atoms in total. The maximum absolute atomic E-state index is 2.45. The van der Waals surface area contributed by atoms with Gasteiger partial charge in [0.1, 0.15) is 0 Å². The molecule has 0 unspecified atom stereocenters. The Morgan fingerprint density at radius 1 is 0.211 bits per heavy atom. The van der Waals surface area contributed by atoms with Gasteiger partial charge in [0, 0.05) is 49.4 Å². The summed E-state index contributed by atoms with van der Waals surface area (Å²) in [6, 6.07) is 77.5. The molecule has 57 heavy (non-hydrogen) atoms. The second kappa shape index (κ2) is 12.5. The molecule has 0 atom stereocenters. The van der Waals surface area contributed by atoms with Gasteiger partial charge in [0.2, 0.25) is 0 Å². The van der Waals surface area contributed by atoms with Crippen molar-refractivity contribution >= 4 is 65.4 Å². The van der Waals surface area contributed by atoms with Crippen molar-refractivity contribution in [1.29, 1.82) is 0 Å². The molecule has 3 heterocycles. The number of hydrogen-bond donors (Lipinski definition) is 0. The van der Waals surface area contributed by atoms with Crippen LogP contribution in [0.5, 0.6) is 0 Å². The Bertz CT molecular complexity index is 3250. The lowest BCUT2D eigenvalue weighted by atomic mass is 9.94. The topological polar surface area (TPSA) is 14.8 Å². The fourth-order valence-corrected chi connectivity index (χ4v) is 9.37. The number of hydrogen-bond acceptors (Lipinski definition) is 0. The first-order valence-electron chi connectivity index (χ1n) is 19.6. The zero-order valence-corrected chi connectivity index (χ0v) is 31.0. The molecule has 0 bridgehead atoms. The van der Waals surface area contributed by atoms with Gasteiger partial charge < -0.3 is 13.7 Å². The van der Waals surface area contributed by atoms with E-state index in [0.29, 0.717) is 0 Å². The largest absolute Gasteiger partial charge is 0.309 e. The number of benzene rings is 9. The number of para-hydroxylation sites is 4. The summed E-state index contributed by atoms with van der Waals surface area (Å²) in [4.78, 5) is 0. The number of fused-ring (bicyclic) bond motifs is 9. The molecule has 0 amide bonds. The fraction of sp³-hybridized carbons (Fsp3) is 0. The lowest BCUT2D eigenvalue weighted by Crippen LogP contribution is -1.97. The van der Waals surface area contributed by atoms with Crippen molar-refractivity contribution in [3.8, 4) is 39.3 Å². The highest BCUT2D eigenvalue weighted by Gasteiger charge is 2.19. The molecule has 0 N–H and O–H groups in total. The summed E-state index contributed by atoms with van der Waals surface area (Å²) in [7, 11) is 0. The molecule has 0 spiro atoms. The van der Waals surface area contributed by atoms with Gasteiger partial charge in [-0.1, -0.05) is 140 Å². The molecular weight excluding hydrogens is 691 g/mol. The van der Waals surface area contributed by atoms with E-state index in [-0.39, 0.29) is 0 Å². The van der Waals surface area contributed by atoms with Crippen molar-refractivity contribution in [2.75, 3.05) is 0 Å². The average molecular weight is 726 g/mol. The van der Waals surface area contributed by atoms with Gasteiger partial charge in [-0.15, -0.1) is 0 Å². The van der Waals surface area contributed by atoms with Crippen LogP contribution in [0, 0.1) is 0 Å². The molecule has 3 aromatic heterocycles. The SMILES string of the molecule is c1ccc(-c2ccccc2-c2cccc(-n3c4ccc(-n5c6ccccc6c6ccccc65)cc4c4cc(-n5c6ccccc6c6ccccc65)ccc43)c2)cc1. The van der Waals surface area contributed by atoms with Crippen LogP contribution in [-0.2, 0) is 0 Å². The highest BCUT2D eigenvalue weighted by atomic mass is 15.0. The lowest BCUT2D eigenvalue weighted by molar-refractivity contribution is 1.16. The smallest absolute Gasteiger partial charge is 0.0542 e. The first-order valence-corrected chi connectivity index (χ1v) is 19.6. The van der Waals surface area contributed by atoms with Crippen LogP contribution in [0.15, 0.2) is 212 Å². The molecule has 3 heteroatoms. The molecule has 0 saturated carbocycles. The Labute approximate surface area is 329 Å². The molecule has 0 fully saturated rings. The Balaban J connectivity index is 1.13. The van der Waals surface area contributed by atoms with E-state index in [1.54, 1.807) is 0 Å². The maximum Gasteiger partial charge on any atom is 0.0542 e. The van der Waals surface area contributed by atoms with E-state index in [4.69, 9.17) is 0 Å². The van der Waals surface area contributed by atoms with E-state index in [0.717, 1.165) is 17.1 Å². The van der Waals surface area contributed by atoms with Gasteiger partial charge in [0.25, 0.3) is 0 Å². The summed E-state index contributed by atoms with van der Waals surface area (Å²) in [5, 5.41) is 7.46. The zero-order chi connectivity index (χ0) is 37.5. The van der Waals surface area contributed by atoms with Gasteiger partial charge in [0.05, 0.1) is 33.1 Å². The monoisotopic (exact) mass is 725 g/mol. The van der Waals surface area contributed by atoms with Crippen molar-refractivity contribution in [1.82, 2.24) is 13.7 Å². The van der Waals surface area contributed by atoms with E-state index in [1.165, 1.54) is 87.7 Å². The van der Waals surface area contributed by atoms with Crippen LogP contribution in [-0.4, -0.2) is 13.7 Å². The van der Waals surface area contributed by atoms with Crippen LogP contribution in [0.1, 0.15) is 0 Å². The Kier molecular flexibility index (Phi) is 6.93. The quantitative estimate of drug-likeness (QED) is 0.168. The molecule has 12 rings (SSSR count). The molecule has 0 aliphatic carbocycles. The third-order valence-corrected chi connectivity index (χ3v) is 11.8. The van der Waals surface area contributed by atoms with Gasteiger partial charge in [-0.3, -0.25) is 0 Å². The minimum atomic E-state index is 1.13. The van der Waals surface area contributed by atoms with Crippen LogP contribution in [0.4, 0.5) is 0 Å². The number of rotatable bonds is 5. The van der Waals surface area contributed by atoms with Gasteiger partial charge >= 0.3 is 0 Å². The van der Waals surface area contributed by atoms with Crippen LogP contribution >= 0.6 is 0 Å². The summed E-state index contributed by atoms with van der Waals surface area (Å²) in [6.45, 7) is 0. The van der Waals surface area contributed by atoms with E-state index in [9.17, 15) is 0 Å². The summed E-state index contributed by atoms with van der Waals surface area (Å²) in [5.74, 6) is 0. The summed E-state index contributed by atoms with van der Waals surface area (Å²) in [5.41, 5.74) is 15.4. The number of nitrogens with zero attached hydrogens (tertiary/aromatic N) is 3. The first kappa shape index (κ1) is 31.7. The van der Waals surface area contributed by atoms with Gasteiger partial charge in [-0.05, 0) is 95.1 Å². The highest BCUT2D eigenvalue weighted by molar-refractivity contribution is 6.14. The molecule has 12 aromatic rings. The normalized spacial score (nSPS) is 11.9. The molecule has 0 saturated heterocycles. The van der Waals surface area contributed by atoms with Gasteiger partial charge in [-0.25, -0.2) is 0 Å². The summed E-state index contributed by atoms with van der Waals surface area (Å²) >= 11 is 0. The molecule has 0 aliphatic heterocycles. The van der Waals surface area contributed by atoms with Crippen molar-refractivity contribution in [3.05, 3.63) is 212 Å². The Morgan fingerprint density at radius 3 is 1.04 bits per heavy atom. The Morgan fingerprint density at radius 2 is 0.561 bits per heavy atom. The van der Waals surface area contributed by atoms with Gasteiger partial charge in [-0.2, -0.15) is 0 Å². The van der Waals surface area contributed by atoms with E-state index in [1.807, 2.05) is 0 Å². The highest BCUT2D eigenvalue weighted by Crippen LogP contribution is 2.40. The van der Waals surface area contributed by atoms with Crippen molar-refractivity contribution < 1.29 is 0 Å². The van der Waals surface area contributed by atoms with Crippen LogP contribution in [0.3, 0.4) is 0 Å². The van der Waals surface area contributed by atoms with Crippen molar-refractivity contribution in [2.24, 2.45) is 0 Å². The van der Waals surface area contributed by atoms with Crippen LogP contribution < -0.4 is 0 Å². The molecule has 9 aromatic carbocycles. The first-order chi connectivity index (χ1) is 28.3. The maximum atomic E-state index is 2.45. The third kappa shape index (κ3) is 4.79. The zero-order valence-electron chi connectivity index (χ0n) is 31.0. The molecule has 0 radical (unpaired) electrons. The van der Waals surface area contributed by atoms with E-state index < -0.39 is 0 Å². The van der Waals surface area contributed by atoms with Crippen LogP contribution in [0.2, 0.25) is 0 Å². The molecule has 266 valence electrons. The predicted molar refractivity (Wildman–Crippen MR) is 240 cm³/mol. The average Bonchev–Trinajstić information content (AvgIpc) is 3.92. The molecular formula is C54H35N3. The van der Waals surface area contributed by atoms with Gasteiger partial charge in [0.15, 0.2) is 0 Å². The predicted octanol–water partition coefficient (Wildman–Crippen LogP) is 14.3. The third-order valence-electron chi connectivity index (χ3n) is 11.8. The molecule has 0 aliphatic rings. The van der Waals surface area contributed by atoms with Crippen LogP contribution in [0.25, 0.3) is 105 Å². The minimum Gasteiger partial charge on any atom is -0.309 e. The second-order valence-corrected chi connectivity index (χ2v) is 14.9. The van der Waals surface area contributed by atoms with Crippen molar-refractivity contribution in [2.45, 2.75) is 0 Å². The number of aromatic nitrogens is 3. The van der Waals surface area contributed by atoms with E-state index in [2.05, 4.69) is 226 Å². The summed E-state index contributed by atoms with van der Waals surface area (Å²) in [6.07, 6.45) is 0. The standard InChI is InChI=1S/C54H35N3/c1-2-15-36(16-3-1)41-19-4-5-20-42(41)37-17-14-18-38(33-37)55-53-31-29-39(56-49-25-10-6-21-43(49)44-22-7-11-26-50(44)56)34-47(53)48-35-40(30-32-54(48)55)57-51-27-12-8-23-45(51)46-24-9-13-28-52(46)57/h1-35H. The second-order valence-electron chi connectivity index (χ2n) is 14.9. The van der Waals surface area contributed by atoms with Crippen molar-refractivity contribution in [3.63, 3.8) is 0 Å². The fourth-order valence-electron chi connectivity index (χ4n) is 9.37. The lowest BCUT2D eigenvalue weighted by Gasteiger charge is -2.14. The van der Waals surface area contributed by atoms with E-state index >= 15 is 0 Å². The minimum absolute atomic E-state index is 1.13. The summed E-state index contributed by atoms with van der Waals surface area (Å²) < 4.78 is 7.29. The Hall–Kier alpha value is -7.62.